The lowest BCUT2D eigenvalue weighted by Gasteiger charge is -2.44. The van der Waals surface area contributed by atoms with E-state index in [1.165, 1.54) is 0 Å². The lowest BCUT2D eigenvalue weighted by atomic mass is 9.96. The predicted octanol–water partition coefficient (Wildman–Crippen LogP) is 2.33. The first-order valence-corrected chi connectivity index (χ1v) is 10.3. The summed E-state index contributed by atoms with van der Waals surface area (Å²) in [7, 11) is 1.85. The Balaban J connectivity index is 1.31. The normalized spacial score (nSPS) is 14.8. The van der Waals surface area contributed by atoms with Gasteiger partial charge in [0.2, 0.25) is 0 Å². The minimum absolute atomic E-state index is 0.0190. The number of likely N-dealkylation sites (N-methyl/N-ethyl adjacent to an activating group) is 1. The van der Waals surface area contributed by atoms with E-state index in [-0.39, 0.29) is 17.4 Å². The average Bonchev–Trinajstić information content (AvgIpc) is 3.15. The van der Waals surface area contributed by atoms with Crippen molar-refractivity contribution >= 4 is 28.4 Å². The molecule has 0 atom stereocenters. The molecular formula is C22H24N8O. The van der Waals surface area contributed by atoms with Crippen LogP contribution in [-0.2, 0) is 5.41 Å². The molecule has 0 aliphatic carbocycles. The first-order valence-electron chi connectivity index (χ1n) is 10.3. The molecule has 5 rings (SSSR count). The van der Waals surface area contributed by atoms with Crippen molar-refractivity contribution < 1.29 is 4.79 Å². The van der Waals surface area contributed by atoms with Crippen LogP contribution in [0, 0.1) is 0 Å². The molecule has 0 radical (unpaired) electrons. The summed E-state index contributed by atoms with van der Waals surface area (Å²) < 4.78 is 1.81. The highest BCUT2D eigenvalue weighted by Gasteiger charge is 2.34. The van der Waals surface area contributed by atoms with Gasteiger partial charge in [0.1, 0.15) is 5.82 Å². The lowest BCUT2D eigenvalue weighted by Crippen LogP contribution is -2.60. The van der Waals surface area contributed by atoms with Crippen LogP contribution < -0.4 is 4.90 Å². The molecule has 158 valence electrons. The van der Waals surface area contributed by atoms with Gasteiger partial charge in [0, 0.05) is 43.5 Å². The smallest absolute Gasteiger partial charge is 0.254 e. The molecule has 3 aromatic heterocycles. The molecule has 9 heteroatoms. The van der Waals surface area contributed by atoms with E-state index >= 15 is 0 Å². The van der Waals surface area contributed by atoms with Gasteiger partial charge in [0.05, 0.1) is 17.1 Å². The number of carbonyl (C=O) groups is 1. The summed E-state index contributed by atoms with van der Waals surface area (Å²) >= 11 is 0. The highest BCUT2D eigenvalue weighted by molar-refractivity contribution is 5.97. The molecule has 0 spiro atoms. The van der Waals surface area contributed by atoms with Crippen molar-refractivity contribution in [3.63, 3.8) is 0 Å². The number of hydrogen-bond acceptors (Lipinski definition) is 7. The maximum absolute atomic E-state index is 13.0. The number of nitrogens with zero attached hydrogens (tertiary/aromatic N) is 8. The second kappa shape index (κ2) is 6.97. The van der Waals surface area contributed by atoms with Crippen LogP contribution in [0.5, 0.6) is 0 Å². The molecule has 31 heavy (non-hydrogen) atoms. The molecule has 1 aliphatic heterocycles. The molecule has 0 unspecified atom stereocenters. The summed E-state index contributed by atoms with van der Waals surface area (Å²) in [4.78, 5) is 25.5. The monoisotopic (exact) mass is 416 g/mol. The number of rotatable bonds is 3. The van der Waals surface area contributed by atoms with Gasteiger partial charge in [-0.05, 0) is 30.3 Å². The summed E-state index contributed by atoms with van der Waals surface area (Å²) in [6.07, 6.45) is 3.28. The molecule has 4 heterocycles. The Morgan fingerprint density at radius 3 is 2.52 bits per heavy atom. The number of anilines is 1. The maximum Gasteiger partial charge on any atom is 0.254 e. The zero-order chi connectivity index (χ0) is 21.8. The summed E-state index contributed by atoms with van der Waals surface area (Å²) in [6, 6.07) is 9.45. The predicted molar refractivity (Wildman–Crippen MR) is 117 cm³/mol. The maximum atomic E-state index is 13.0. The number of amides is 1. The number of benzene rings is 1. The lowest BCUT2D eigenvalue weighted by molar-refractivity contribution is 0.0705. The van der Waals surface area contributed by atoms with E-state index in [0.717, 1.165) is 41.4 Å². The Kier molecular flexibility index (Phi) is 4.35. The molecule has 4 aromatic rings. The van der Waals surface area contributed by atoms with Gasteiger partial charge < -0.3 is 9.80 Å². The minimum atomic E-state index is -0.153. The van der Waals surface area contributed by atoms with Crippen LogP contribution in [0.15, 0.2) is 42.7 Å². The van der Waals surface area contributed by atoms with Crippen molar-refractivity contribution in [2.75, 3.05) is 25.0 Å². The largest absolute Gasteiger partial charge is 0.351 e. The van der Waals surface area contributed by atoms with Crippen LogP contribution in [0.2, 0.25) is 0 Å². The third-order valence-corrected chi connectivity index (χ3v) is 5.69. The number of hydrogen-bond donors (Lipinski definition) is 0. The Morgan fingerprint density at radius 2 is 1.77 bits per heavy atom. The van der Waals surface area contributed by atoms with E-state index in [4.69, 9.17) is 5.10 Å². The Morgan fingerprint density at radius 1 is 1.03 bits per heavy atom. The van der Waals surface area contributed by atoms with Crippen molar-refractivity contribution in [3.8, 4) is 0 Å². The van der Waals surface area contributed by atoms with E-state index in [1.807, 2.05) is 35.8 Å². The molecule has 0 bridgehead atoms. The molecule has 0 N–H and O–H groups in total. The van der Waals surface area contributed by atoms with E-state index < -0.39 is 0 Å². The van der Waals surface area contributed by atoms with Gasteiger partial charge >= 0.3 is 0 Å². The molecule has 1 amide bonds. The Hall–Kier alpha value is -3.62. The van der Waals surface area contributed by atoms with Crippen molar-refractivity contribution in [1.82, 2.24) is 34.7 Å². The van der Waals surface area contributed by atoms with Gasteiger partial charge in [-0.2, -0.15) is 4.52 Å². The van der Waals surface area contributed by atoms with Gasteiger partial charge in [0.25, 0.3) is 5.91 Å². The first kappa shape index (κ1) is 19.3. The fourth-order valence-electron chi connectivity index (χ4n) is 3.77. The van der Waals surface area contributed by atoms with Gasteiger partial charge in [-0.3, -0.25) is 14.8 Å². The Bertz CT molecular complexity index is 1290. The van der Waals surface area contributed by atoms with Crippen molar-refractivity contribution in [2.24, 2.45) is 0 Å². The van der Waals surface area contributed by atoms with Gasteiger partial charge in [-0.25, -0.2) is 0 Å². The fraction of sp³-hybridized carbons (Fsp3) is 0.364. The highest BCUT2D eigenvalue weighted by Crippen LogP contribution is 2.25. The highest BCUT2D eigenvalue weighted by atomic mass is 16.2. The molecular weight excluding hydrogens is 392 g/mol. The molecule has 9 nitrogen and oxygen atoms in total. The number of aromatic nitrogens is 6. The van der Waals surface area contributed by atoms with Crippen LogP contribution in [0.1, 0.15) is 37.0 Å². The van der Waals surface area contributed by atoms with Gasteiger partial charge in [0.15, 0.2) is 11.5 Å². The van der Waals surface area contributed by atoms with E-state index in [1.54, 1.807) is 23.4 Å². The zero-order valence-corrected chi connectivity index (χ0v) is 18.0. The number of carbonyl (C=O) groups excluding carboxylic acids is 1. The summed E-state index contributed by atoms with van der Waals surface area (Å²) in [5.74, 6) is 1.67. The van der Waals surface area contributed by atoms with Crippen LogP contribution in [-0.4, -0.2) is 66.8 Å². The van der Waals surface area contributed by atoms with E-state index in [0.29, 0.717) is 5.56 Å². The Labute approximate surface area is 179 Å². The molecule has 1 saturated heterocycles. The topological polar surface area (TPSA) is 92.4 Å². The SMILES string of the molecule is CN(C(=O)c1ccc2nccnc2c1)C1CN(c2ccc3nnc(C(C)(C)C)n3n2)C1. The van der Waals surface area contributed by atoms with Crippen LogP contribution in [0.25, 0.3) is 16.7 Å². The molecule has 0 saturated carbocycles. The molecule has 1 aromatic carbocycles. The van der Waals surface area contributed by atoms with Gasteiger partial charge in [-0.1, -0.05) is 20.8 Å². The van der Waals surface area contributed by atoms with Crippen LogP contribution in [0.3, 0.4) is 0 Å². The second-order valence-electron chi connectivity index (χ2n) is 8.97. The van der Waals surface area contributed by atoms with Crippen molar-refractivity contribution in [3.05, 3.63) is 54.1 Å². The van der Waals surface area contributed by atoms with Crippen molar-refractivity contribution in [2.45, 2.75) is 32.2 Å². The molecule has 1 aliphatic rings. The molecule has 1 fully saturated rings. The second-order valence-corrected chi connectivity index (χ2v) is 8.97. The zero-order valence-electron chi connectivity index (χ0n) is 18.0. The van der Waals surface area contributed by atoms with Crippen LogP contribution >= 0.6 is 0 Å². The fourth-order valence-corrected chi connectivity index (χ4v) is 3.77. The number of fused-ring (bicyclic) bond motifs is 2. The minimum Gasteiger partial charge on any atom is -0.351 e. The summed E-state index contributed by atoms with van der Waals surface area (Å²) in [5.41, 5.74) is 2.70. The van der Waals surface area contributed by atoms with E-state index in [9.17, 15) is 4.79 Å². The quantitative estimate of drug-likeness (QED) is 0.506. The van der Waals surface area contributed by atoms with Gasteiger partial charge in [-0.15, -0.1) is 15.3 Å². The third kappa shape index (κ3) is 3.35. The van der Waals surface area contributed by atoms with E-state index in [2.05, 4.69) is 45.8 Å². The van der Waals surface area contributed by atoms with Crippen molar-refractivity contribution in [1.29, 1.82) is 0 Å². The first-order chi connectivity index (χ1) is 14.8. The summed E-state index contributed by atoms with van der Waals surface area (Å²) in [6.45, 7) is 7.73. The van der Waals surface area contributed by atoms with Crippen LogP contribution in [0.4, 0.5) is 5.82 Å². The summed E-state index contributed by atoms with van der Waals surface area (Å²) in [5, 5.41) is 13.3. The average molecular weight is 416 g/mol. The standard InChI is InChI=1S/C22H24N8O/c1-22(2,3)21-26-25-18-7-8-19(27-30(18)21)29-12-15(13-29)28(4)20(31)14-5-6-16-17(11-14)24-10-9-23-16/h5-11,15H,12-13H2,1-4H3. The third-order valence-electron chi connectivity index (χ3n) is 5.69.